The van der Waals surface area contributed by atoms with Gasteiger partial charge in [-0.1, -0.05) is 17.4 Å². The molecule has 1 aromatic carbocycles. The summed E-state index contributed by atoms with van der Waals surface area (Å²) >= 11 is 1.26. The molecule has 0 saturated carbocycles. The highest BCUT2D eigenvalue weighted by atomic mass is 32.2. The molecular weight excluding hydrogens is 396 g/mol. The van der Waals surface area contributed by atoms with Crippen molar-refractivity contribution < 1.29 is 13.2 Å². The van der Waals surface area contributed by atoms with Gasteiger partial charge in [-0.05, 0) is 45.0 Å². The number of fused-ring (bicyclic) bond motifs is 1. The number of benzene rings is 1. The predicted octanol–water partition coefficient (Wildman–Crippen LogP) is 3.12. The van der Waals surface area contributed by atoms with Crippen LogP contribution >= 0.6 is 11.3 Å². The lowest BCUT2D eigenvalue weighted by Gasteiger charge is -2.06. The molecule has 28 heavy (non-hydrogen) atoms. The molecule has 0 bridgehead atoms. The van der Waals surface area contributed by atoms with Crippen molar-refractivity contribution in [1.29, 1.82) is 0 Å². The van der Waals surface area contributed by atoms with Gasteiger partial charge in [0.15, 0.2) is 20.3 Å². The molecule has 0 aliphatic carbocycles. The molecule has 1 amide bonds. The van der Waals surface area contributed by atoms with Gasteiger partial charge in [0, 0.05) is 24.5 Å². The first-order chi connectivity index (χ1) is 13.1. The number of thiazole rings is 1. The SMILES string of the molecule is C=CCn1c(=NC(=O)c2cc(C)n(C(C)C)n2)sc2cc(S(C)(=O)=O)ccc21. The topological polar surface area (TPSA) is 86.3 Å². The summed E-state index contributed by atoms with van der Waals surface area (Å²) in [6.07, 6.45) is 2.87. The van der Waals surface area contributed by atoms with Crippen molar-refractivity contribution >= 4 is 37.3 Å². The molecule has 2 aromatic heterocycles. The Kier molecular flexibility index (Phi) is 5.40. The number of aryl methyl sites for hydroxylation is 1. The molecule has 2 heterocycles. The minimum atomic E-state index is -3.32. The molecule has 0 unspecified atom stereocenters. The van der Waals surface area contributed by atoms with E-state index < -0.39 is 15.7 Å². The predicted molar refractivity (Wildman–Crippen MR) is 110 cm³/mol. The number of rotatable bonds is 5. The highest BCUT2D eigenvalue weighted by Gasteiger charge is 2.15. The molecule has 0 radical (unpaired) electrons. The summed E-state index contributed by atoms with van der Waals surface area (Å²) < 4.78 is 28.0. The number of allylic oxidation sites excluding steroid dienone is 1. The van der Waals surface area contributed by atoms with Crippen LogP contribution in [0.1, 0.15) is 36.1 Å². The van der Waals surface area contributed by atoms with E-state index in [1.807, 2.05) is 25.3 Å². The minimum Gasteiger partial charge on any atom is -0.312 e. The standard InChI is InChI=1S/C19H22N4O3S2/c1-6-9-22-16-8-7-14(28(5,25)26)11-17(16)27-19(22)20-18(24)15-10-13(4)23(21-15)12(2)3/h6-8,10-12H,1,9H2,2-5H3. The van der Waals surface area contributed by atoms with E-state index in [9.17, 15) is 13.2 Å². The highest BCUT2D eigenvalue weighted by Crippen LogP contribution is 2.22. The van der Waals surface area contributed by atoms with Gasteiger partial charge < -0.3 is 4.57 Å². The molecule has 9 heteroatoms. The van der Waals surface area contributed by atoms with Gasteiger partial charge in [-0.3, -0.25) is 9.48 Å². The Balaban J connectivity index is 2.15. The maximum Gasteiger partial charge on any atom is 0.300 e. The number of carbonyl (C=O) groups excluding carboxylic acids is 1. The Morgan fingerprint density at radius 2 is 2.07 bits per heavy atom. The van der Waals surface area contributed by atoms with Crippen LogP contribution in [0.2, 0.25) is 0 Å². The van der Waals surface area contributed by atoms with Gasteiger partial charge in [0.25, 0.3) is 5.91 Å². The molecule has 0 N–H and O–H groups in total. The molecule has 0 aliphatic heterocycles. The Morgan fingerprint density at radius 3 is 2.64 bits per heavy atom. The van der Waals surface area contributed by atoms with E-state index in [1.165, 1.54) is 17.6 Å². The molecule has 0 saturated heterocycles. The Hall–Kier alpha value is -2.52. The third-order valence-corrected chi connectivity index (χ3v) is 6.37. The largest absolute Gasteiger partial charge is 0.312 e. The lowest BCUT2D eigenvalue weighted by molar-refractivity contribution is 0.0992. The summed E-state index contributed by atoms with van der Waals surface area (Å²) in [5.41, 5.74) is 1.97. The van der Waals surface area contributed by atoms with E-state index in [1.54, 1.807) is 35.0 Å². The number of aromatic nitrogens is 3. The van der Waals surface area contributed by atoms with Crippen LogP contribution in [-0.4, -0.2) is 34.9 Å². The Bertz CT molecular complexity index is 1240. The first-order valence-corrected chi connectivity index (χ1v) is 11.4. The Labute approximate surface area is 167 Å². The van der Waals surface area contributed by atoms with E-state index in [0.29, 0.717) is 11.3 Å². The molecule has 0 atom stereocenters. The number of hydrogen-bond donors (Lipinski definition) is 0. The number of amides is 1. The van der Waals surface area contributed by atoms with Crippen LogP contribution in [0.25, 0.3) is 10.2 Å². The number of hydrogen-bond acceptors (Lipinski definition) is 5. The van der Waals surface area contributed by atoms with Gasteiger partial charge in [0.05, 0.1) is 15.1 Å². The lowest BCUT2D eigenvalue weighted by atomic mass is 10.3. The van der Waals surface area contributed by atoms with Crippen molar-refractivity contribution in [3.8, 4) is 0 Å². The fourth-order valence-electron chi connectivity index (χ4n) is 2.93. The van der Waals surface area contributed by atoms with Crippen molar-refractivity contribution in [2.24, 2.45) is 4.99 Å². The van der Waals surface area contributed by atoms with Crippen molar-refractivity contribution in [2.75, 3.05) is 6.26 Å². The summed E-state index contributed by atoms with van der Waals surface area (Å²) in [5, 5.41) is 4.35. The van der Waals surface area contributed by atoms with Gasteiger partial charge in [0.1, 0.15) is 0 Å². The fourth-order valence-corrected chi connectivity index (χ4v) is 4.73. The molecule has 0 spiro atoms. The third-order valence-electron chi connectivity index (χ3n) is 4.22. The van der Waals surface area contributed by atoms with Crippen molar-refractivity contribution in [1.82, 2.24) is 14.3 Å². The first kappa shape index (κ1) is 20.2. The monoisotopic (exact) mass is 418 g/mol. The zero-order valence-corrected chi connectivity index (χ0v) is 17.8. The summed E-state index contributed by atoms with van der Waals surface area (Å²) in [5.74, 6) is -0.435. The zero-order chi connectivity index (χ0) is 20.6. The quantitative estimate of drug-likeness (QED) is 0.596. The minimum absolute atomic E-state index is 0.144. The smallest absolute Gasteiger partial charge is 0.300 e. The fraction of sp³-hybridized carbons (Fsp3) is 0.316. The molecule has 3 rings (SSSR count). The molecular formula is C19H22N4O3S2. The number of nitrogens with zero attached hydrogens (tertiary/aromatic N) is 4. The normalized spacial score (nSPS) is 12.8. The van der Waals surface area contributed by atoms with Crippen LogP contribution in [0, 0.1) is 6.92 Å². The van der Waals surface area contributed by atoms with Gasteiger partial charge in [-0.15, -0.1) is 6.58 Å². The molecule has 0 fully saturated rings. The van der Waals surface area contributed by atoms with E-state index in [2.05, 4.69) is 16.7 Å². The van der Waals surface area contributed by atoms with Crippen LogP contribution < -0.4 is 4.80 Å². The van der Waals surface area contributed by atoms with Crippen LogP contribution in [0.5, 0.6) is 0 Å². The highest BCUT2D eigenvalue weighted by molar-refractivity contribution is 7.90. The Morgan fingerprint density at radius 1 is 1.36 bits per heavy atom. The van der Waals surface area contributed by atoms with Gasteiger partial charge >= 0.3 is 0 Å². The lowest BCUT2D eigenvalue weighted by Crippen LogP contribution is -2.16. The van der Waals surface area contributed by atoms with Crippen LogP contribution in [0.4, 0.5) is 0 Å². The maximum atomic E-state index is 12.7. The average molecular weight is 419 g/mol. The molecule has 0 aliphatic rings. The first-order valence-electron chi connectivity index (χ1n) is 8.71. The molecule has 148 valence electrons. The molecule has 3 aromatic rings. The van der Waals surface area contributed by atoms with Gasteiger partial charge in [-0.25, -0.2) is 8.42 Å². The second-order valence-electron chi connectivity index (χ2n) is 6.81. The zero-order valence-electron chi connectivity index (χ0n) is 16.2. The van der Waals surface area contributed by atoms with Gasteiger partial charge in [-0.2, -0.15) is 10.1 Å². The summed E-state index contributed by atoms with van der Waals surface area (Å²) in [6, 6.07) is 6.76. The van der Waals surface area contributed by atoms with Crippen molar-refractivity contribution in [3.63, 3.8) is 0 Å². The van der Waals surface area contributed by atoms with E-state index >= 15 is 0 Å². The van der Waals surface area contributed by atoms with Gasteiger partial charge in [0.2, 0.25) is 0 Å². The second-order valence-corrected chi connectivity index (χ2v) is 9.84. The number of sulfone groups is 1. The van der Waals surface area contributed by atoms with Crippen LogP contribution in [0.15, 0.2) is 46.8 Å². The van der Waals surface area contributed by atoms with Crippen molar-refractivity contribution in [2.45, 2.75) is 38.3 Å². The average Bonchev–Trinajstić information content (AvgIpc) is 3.15. The summed E-state index contributed by atoms with van der Waals surface area (Å²) in [6.45, 7) is 10.1. The summed E-state index contributed by atoms with van der Waals surface area (Å²) in [7, 11) is -3.32. The molecule has 7 nitrogen and oxygen atoms in total. The van der Waals surface area contributed by atoms with Crippen molar-refractivity contribution in [3.05, 3.63) is 53.1 Å². The number of carbonyl (C=O) groups is 1. The third kappa shape index (κ3) is 3.85. The second kappa shape index (κ2) is 7.48. The maximum absolute atomic E-state index is 12.7. The van der Waals surface area contributed by atoms with E-state index in [4.69, 9.17) is 0 Å². The van der Waals surface area contributed by atoms with Crippen LogP contribution in [0.3, 0.4) is 0 Å². The van der Waals surface area contributed by atoms with E-state index in [-0.39, 0.29) is 16.6 Å². The summed E-state index contributed by atoms with van der Waals surface area (Å²) in [4.78, 5) is 17.7. The van der Waals surface area contributed by atoms with E-state index in [0.717, 1.165) is 15.9 Å². The van der Waals surface area contributed by atoms with Crippen LogP contribution in [-0.2, 0) is 16.4 Å².